The number of fused-ring (bicyclic) bond motifs is 1. The summed E-state index contributed by atoms with van der Waals surface area (Å²) in [6.45, 7) is 0. The molecule has 4 aromatic rings. The number of phenolic OH excluding ortho intramolecular Hbond substituents is 1. The van der Waals surface area contributed by atoms with Gasteiger partial charge in [-0.05, 0) is 30.3 Å². The van der Waals surface area contributed by atoms with Crippen molar-refractivity contribution < 1.29 is 5.11 Å². The second-order valence-corrected chi connectivity index (χ2v) is 6.82. The highest BCUT2D eigenvalue weighted by molar-refractivity contribution is 6.36. The van der Waals surface area contributed by atoms with E-state index in [9.17, 15) is 5.11 Å². The van der Waals surface area contributed by atoms with Crippen LogP contribution in [0.5, 0.6) is 5.75 Å². The maximum atomic E-state index is 10.9. The third-order valence-electron chi connectivity index (χ3n) is 4.34. The molecule has 0 bridgehead atoms. The molecule has 2 N–H and O–H groups in total. The minimum Gasteiger partial charge on any atom is -0.505 e. The largest absolute Gasteiger partial charge is 0.505 e. The molecule has 2 heterocycles. The summed E-state index contributed by atoms with van der Waals surface area (Å²) >= 11 is 12.9. The van der Waals surface area contributed by atoms with E-state index in [1.807, 2.05) is 42.5 Å². The van der Waals surface area contributed by atoms with E-state index < -0.39 is 6.04 Å². The molecule has 134 valence electrons. The number of nitrogens with zero attached hydrogens (tertiary/aromatic N) is 2. The third kappa shape index (κ3) is 3.42. The van der Waals surface area contributed by atoms with Crippen molar-refractivity contribution in [3.8, 4) is 5.75 Å². The molecule has 1 atom stereocenters. The Labute approximate surface area is 166 Å². The smallest absolute Gasteiger partial charge is 0.147 e. The highest BCUT2D eigenvalue weighted by Gasteiger charge is 2.24. The number of aromatic nitrogens is 2. The van der Waals surface area contributed by atoms with Gasteiger partial charge < -0.3 is 10.4 Å². The molecular formula is C21H15Cl2N3O. The molecule has 0 fully saturated rings. The Hall–Kier alpha value is -2.82. The molecule has 27 heavy (non-hydrogen) atoms. The van der Waals surface area contributed by atoms with E-state index in [2.05, 4.69) is 15.3 Å². The number of anilines is 1. The van der Waals surface area contributed by atoms with Crippen LogP contribution in [0.3, 0.4) is 0 Å². The molecule has 2 aromatic heterocycles. The maximum absolute atomic E-state index is 10.9. The summed E-state index contributed by atoms with van der Waals surface area (Å²) in [6, 6.07) is 17.9. The van der Waals surface area contributed by atoms with Crippen LogP contribution in [0.25, 0.3) is 10.9 Å². The molecular weight excluding hydrogens is 381 g/mol. The average molecular weight is 396 g/mol. The molecule has 0 saturated heterocycles. The number of halogens is 2. The number of hydrogen-bond donors (Lipinski definition) is 2. The van der Waals surface area contributed by atoms with Crippen molar-refractivity contribution in [2.75, 3.05) is 5.32 Å². The monoisotopic (exact) mass is 395 g/mol. The highest BCUT2D eigenvalue weighted by atomic mass is 35.5. The van der Waals surface area contributed by atoms with Crippen LogP contribution >= 0.6 is 23.2 Å². The van der Waals surface area contributed by atoms with Gasteiger partial charge in [-0.15, -0.1) is 0 Å². The zero-order valence-electron chi connectivity index (χ0n) is 14.1. The van der Waals surface area contributed by atoms with Crippen LogP contribution < -0.4 is 5.32 Å². The summed E-state index contributed by atoms with van der Waals surface area (Å²) < 4.78 is 0. The number of phenols is 1. The van der Waals surface area contributed by atoms with Gasteiger partial charge >= 0.3 is 0 Å². The van der Waals surface area contributed by atoms with Gasteiger partial charge in [-0.25, -0.2) is 4.98 Å². The predicted octanol–water partition coefficient (Wildman–Crippen LogP) is 5.84. The highest BCUT2D eigenvalue weighted by Crippen LogP contribution is 2.41. The molecule has 0 saturated carbocycles. The fraction of sp³-hybridized carbons (Fsp3) is 0.0476. The van der Waals surface area contributed by atoms with Gasteiger partial charge in [0.15, 0.2) is 0 Å². The molecule has 0 aliphatic heterocycles. The van der Waals surface area contributed by atoms with E-state index in [0.717, 1.165) is 5.39 Å². The van der Waals surface area contributed by atoms with Gasteiger partial charge in [0.25, 0.3) is 0 Å². The van der Waals surface area contributed by atoms with Crippen LogP contribution in [0.4, 0.5) is 5.82 Å². The first kappa shape index (κ1) is 17.6. The lowest BCUT2D eigenvalue weighted by Crippen LogP contribution is -2.14. The zero-order valence-corrected chi connectivity index (χ0v) is 15.6. The minimum atomic E-state index is -0.507. The second-order valence-electron chi connectivity index (χ2n) is 6.01. The van der Waals surface area contributed by atoms with Gasteiger partial charge in [0.1, 0.15) is 17.1 Å². The molecule has 0 aliphatic carbocycles. The van der Waals surface area contributed by atoms with Crippen LogP contribution in [0.1, 0.15) is 17.2 Å². The van der Waals surface area contributed by atoms with Crippen molar-refractivity contribution in [3.05, 3.63) is 94.2 Å². The fourth-order valence-corrected chi connectivity index (χ4v) is 3.68. The van der Waals surface area contributed by atoms with Crippen molar-refractivity contribution in [3.63, 3.8) is 0 Å². The van der Waals surface area contributed by atoms with Crippen LogP contribution in [0, 0.1) is 0 Å². The van der Waals surface area contributed by atoms with Gasteiger partial charge in [-0.3, -0.25) is 4.98 Å². The number of benzene rings is 2. The van der Waals surface area contributed by atoms with E-state index in [1.54, 1.807) is 30.6 Å². The van der Waals surface area contributed by atoms with E-state index in [4.69, 9.17) is 23.2 Å². The Morgan fingerprint density at radius 1 is 0.815 bits per heavy atom. The number of pyridine rings is 2. The van der Waals surface area contributed by atoms with Gasteiger partial charge in [-0.1, -0.05) is 53.5 Å². The second kappa shape index (κ2) is 7.43. The Morgan fingerprint density at radius 3 is 2.33 bits per heavy atom. The first-order valence-corrected chi connectivity index (χ1v) is 9.09. The van der Waals surface area contributed by atoms with Crippen molar-refractivity contribution in [2.45, 2.75) is 6.04 Å². The lowest BCUT2D eigenvalue weighted by Gasteiger charge is -2.23. The summed E-state index contributed by atoms with van der Waals surface area (Å²) in [7, 11) is 0. The van der Waals surface area contributed by atoms with Gasteiger partial charge in [0, 0.05) is 39.0 Å². The Morgan fingerprint density at radius 2 is 1.59 bits per heavy atom. The summed E-state index contributed by atoms with van der Waals surface area (Å²) in [6.07, 6.45) is 3.34. The molecule has 0 aliphatic rings. The van der Waals surface area contributed by atoms with Crippen LogP contribution in [0.2, 0.25) is 10.0 Å². The SMILES string of the molecule is Oc1c(C(Nc2ccccn2)c2c(Cl)cccc2Cl)ccc2cccnc12. The van der Waals surface area contributed by atoms with E-state index >= 15 is 0 Å². The standard InChI is InChI=1S/C21H15Cl2N3O/c22-15-6-3-7-16(23)18(15)20(26-17-8-1-2-11-24-17)14-10-9-13-5-4-12-25-19(13)21(14)27/h1-12,20,27H,(H,24,26). The summed E-state index contributed by atoms with van der Waals surface area (Å²) in [5.74, 6) is 0.719. The van der Waals surface area contributed by atoms with Crippen molar-refractivity contribution in [1.82, 2.24) is 9.97 Å². The fourth-order valence-electron chi connectivity index (χ4n) is 3.07. The van der Waals surface area contributed by atoms with Gasteiger partial charge in [-0.2, -0.15) is 0 Å². The van der Waals surface area contributed by atoms with Gasteiger partial charge in [0.05, 0.1) is 6.04 Å². The number of hydrogen-bond acceptors (Lipinski definition) is 4. The van der Waals surface area contributed by atoms with Crippen LogP contribution in [-0.2, 0) is 0 Å². The zero-order chi connectivity index (χ0) is 18.8. The average Bonchev–Trinajstić information content (AvgIpc) is 2.68. The maximum Gasteiger partial charge on any atom is 0.147 e. The van der Waals surface area contributed by atoms with Gasteiger partial charge in [0.2, 0.25) is 0 Å². The lowest BCUT2D eigenvalue weighted by molar-refractivity contribution is 0.471. The molecule has 4 rings (SSSR count). The molecule has 0 radical (unpaired) electrons. The minimum absolute atomic E-state index is 0.0810. The number of nitrogens with one attached hydrogen (secondary N) is 1. The van der Waals surface area contributed by atoms with Crippen LogP contribution in [-0.4, -0.2) is 15.1 Å². The molecule has 6 heteroatoms. The molecule has 0 amide bonds. The summed E-state index contributed by atoms with van der Waals surface area (Å²) in [5.41, 5.74) is 1.80. The van der Waals surface area contributed by atoms with Crippen molar-refractivity contribution in [1.29, 1.82) is 0 Å². The first-order valence-electron chi connectivity index (χ1n) is 8.33. The lowest BCUT2D eigenvalue weighted by atomic mass is 9.96. The number of aromatic hydroxyl groups is 1. The third-order valence-corrected chi connectivity index (χ3v) is 4.99. The summed E-state index contributed by atoms with van der Waals surface area (Å²) in [4.78, 5) is 8.64. The Kier molecular flexibility index (Phi) is 4.84. The van der Waals surface area contributed by atoms with Crippen molar-refractivity contribution >= 4 is 39.9 Å². The van der Waals surface area contributed by atoms with Crippen molar-refractivity contribution in [2.24, 2.45) is 0 Å². The van der Waals surface area contributed by atoms with E-state index in [0.29, 0.717) is 32.5 Å². The summed E-state index contributed by atoms with van der Waals surface area (Å²) in [5, 5.41) is 16.1. The normalized spacial score (nSPS) is 12.1. The predicted molar refractivity (Wildman–Crippen MR) is 110 cm³/mol. The molecule has 1 unspecified atom stereocenters. The molecule has 2 aromatic carbocycles. The topological polar surface area (TPSA) is 58.0 Å². The molecule has 0 spiro atoms. The Bertz CT molecular complexity index is 1080. The van der Waals surface area contributed by atoms with E-state index in [1.165, 1.54) is 0 Å². The quantitative estimate of drug-likeness (QED) is 0.455. The Balaban J connectivity index is 1.92. The molecule has 4 nitrogen and oxygen atoms in total. The van der Waals surface area contributed by atoms with E-state index in [-0.39, 0.29) is 5.75 Å². The first-order chi connectivity index (χ1) is 13.1. The number of rotatable bonds is 4. The van der Waals surface area contributed by atoms with Crippen LogP contribution in [0.15, 0.2) is 73.1 Å².